The predicted octanol–water partition coefficient (Wildman–Crippen LogP) is 1.42. The van der Waals surface area contributed by atoms with Crippen molar-refractivity contribution in [2.45, 2.75) is 24.9 Å². The van der Waals surface area contributed by atoms with E-state index in [0.29, 0.717) is 19.8 Å². The standard InChI is InChI=1S/C12H19NO2S/c14-12(3-6-15-7-4-12)10-13-5-1-11-2-8-16-9-11/h2,8-9,13-14H,1,3-7,10H2. The Morgan fingerprint density at radius 2 is 2.25 bits per heavy atom. The van der Waals surface area contributed by atoms with Crippen LogP contribution in [0, 0.1) is 0 Å². The predicted molar refractivity (Wildman–Crippen MR) is 65.9 cm³/mol. The van der Waals surface area contributed by atoms with Gasteiger partial charge in [-0.15, -0.1) is 0 Å². The van der Waals surface area contributed by atoms with Crippen LogP contribution in [0.3, 0.4) is 0 Å². The molecule has 2 rings (SSSR count). The highest BCUT2D eigenvalue weighted by atomic mass is 32.1. The Morgan fingerprint density at radius 3 is 2.94 bits per heavy atom. The molecular weight excluding hydrogens is 222 g/mol. The molecular formula is C12H19NO2S. The fourth-order valence-electron chi connectivity index (χ4n) is 1.92. The first-order valence-electron chi connectivity index (χ1n) is 5.80. The maximum absolute atomic E-state index is 10.2. The van der Waals surface area contributed by atoms with Crippen LogP contribution in [-0.4, -0.2) is 37.0 Å². The van der Waals surface area contributed by atoms with Crippen molar-refractivity contribution in [3.8, 4) is 0 Å². The fraction of sp³-hybridized carbons (Fsp3) is 0.667. The van der Waals surface area contributed by atoms with Crippen molar-refractivity contribution in [2.24, 2.45) is 0 Å². The Hall–Kier alpha value is -0.420. The maximum Gasteiger partial charge on any atom is 0.0815 e. The third-order valence-corrected chi connectivity index (χ3v) is 3.78. The Bertz CT molecular complexity index is 294. The molecule has 90 valence electrons. The van der Waals surface area contributed by atoms with E-state index in [9.17, 15) is 5.11 Å². The summed E-state index contributed by atoms with van der Waals surface area (Å²) in [6, 6.07) is 2.15. The molecule has 1 aliphatic rings. The summed E-state index contributed by atoms with van der Waals surface area (Å²) in [6.45, 7) is 2.98. The molecule has 0 aliphatic carbocycles. The highest BCUT2D eigenvalue weighted by Crippen LogP contribution is 2.19. The van der Waals surface area contributed by atoms with Crippen LogP contribution in [-0.2, 0) is 11.2 Å². The molecule has 1 fully saturated rings. The van der Waals surface area contributed by atoms with E-state index in [0.717, 1.165) is 25.8 Å². The minimum absolute atomic E-state index is 0.549. The van der Waals surface area contributed by atoms with Crippen molar-refractivity contribution in [2.75, 3.05) is 26.3 Å². The van der Waals surface area contributed by atoms with Crippen LogP contribution in [0.15, 0.2) is 16.8 Å². The van der Waals surface area contributed by atoms with Gasteiger partial charge in [0.2, 0.25) is 0 Å². The van der Waals surface area contributed by atoms with E-state index in [2.05, 4.69) is 22.1 Å². The first-order chi connectivity index (χ1) is 7.79. The van der Waals surface area contributed by atoms with Crippen LogP contribution in [0.25, 0.3) is 0 Å². The molecule has 0 bridgehead atoms. The van der Waals surface area contributed by atoms with E-state index < -0.39 is 5.60 Å². The molecule has 1 aromatic rings. The average Bonchev–Trinajstić information content (AvgIpc) is 2.78. The van der Waals surface area contributed by atoms with Gasteiger partial charge in [0.25, 0.3) is 0 Å². The zero-order chi connectivity index (χ0) is 11.3. The van der Waals surface area contributed by atoms with Gasteiger partial charge in [-0.3, -0.25) is 0 Å². The summed E-state index contributed by atoms with van der Waals surface area (Å²) in [6.07, 6.45) is 2.53. The molecule has 0 saturated carbocycles. The van der Waals surface area contributed by atoms with Gasteiger partial charge in [-0.2, -0.15) is 11.3 Å². The molecule has 1 aromatic heterocycles. The quantitative estimate of drug-likeness (QED) is 0.766. The second kappa shape index (κ2) is 5.77. The Balaban J connectivity index is 1.63. The van der Waals surface area contributed by atoms with Gasteiger partial charge >= 0.3 is 0 Å². The number of thiophene rings is 1. The number of ether oxygens (including phenoxy) is 1. The van der Waals surface area contributed by atoms with Gasteiger partial charge in [-0.1, -0.05) is 0 Å². The van der Waals surface area contributed by atoms with E-state index >= 15 is 0 Å². The fourth-order valence-corrected chi connectivity index (χ4v) is 2.62. The lowest BCUT2D eigenvalue weighted by atomic mass is 9.94. The molecule has 0 unspecified atom stereocenters. The second-order valence-electron chi connectivity index (χ2n) is 4.40. The molecule has 0 atom stereocenters. The maximum atomic E-state index is 10.2. The van der Waals surface area contributed by atoms with E-state index in [1.165, 1.54) is 5.56 Å². The number of hydrogen-bond donors (Lipinski definition) is 2. The molecule has 0 spiro atoms. The highest BCUT2D eigenvalue weighted by Gasteiger charge is 2.28. The molecule has 0 amide bonds. The van der Waals surface area contributed by atoms with Gasteiger partial charge in [0, 0.05) is 32.6 Å². The van der Waals surface area contributed by atoms with Crippen LogP contribution in [0.1, 0.15) is 18.4 Å². The molecule has 0 aromatic carbocycles. The molecule has 3 nitrogen and oxygen atoms in total. The first kappa shape index (κ1) is 12.0. The van der Waals surface area contributed by atoms with Crippen molar-refractivity contribution < 1.29 is 9.84 Å². The zero-order valence-electron chi connectivity index (χ0n) is 9.45. The van der Waals surface area contributed by atoms with E-state index in [1.54, 1.807) is 11.3 Å². The Morgan fingerprint density at radius 1 is 1.44 bits per heavy atom. The van der Waals surface area contributed by atoms with E-state index in [1.807, 2.05) is 0 Å². The summed E-state index contributed by atoms with van der Waals surface area (Å²) in [5.74, 6) is 0. The third-order valence-electron chi connectivity index (χ3n) is 3.05. The van der Waals surface area contributed by atoms with Crippen LogP contribution < -0.4 is 5.32 Å². The lowest BCUT2D eigenvalue weighted by molar-refractivity contribution is -0.0614. The number of nitrogens with one attached hydrogen (secondary N) is 1. The van der Waals surface area contributed by atoms with Gasteiger partial charge in [-0.05, 0) is 35.4 Å². The van der Waals surface area contributed by atoms with Crippen LogP contribution in [0.5, 0.6) is 0 Å². The van der Waals surface area contributed by atoms with Crippen molar-refractivity contribution in [3.63, 3.8) is 0 Å². The zero-order valence-corrected chi connectivity index (χ0v) is 10.3. The average molecular weight is 241 g/mol. The van der Waals surface area contributed by atoms with Crippen molar-refractivity contribution in [3.05, 3.63) is 22.4 Å². The summed E-state index contributed by atoms with van der Waals surface area (Å²) >= 11 is 1.73. The topological polar surface area (TPSA) is 41.5 Å². The first-order valence-corrected chi connectivity index (χ1v) is 6.75. The lowest BCUT2D eigenvalue weighted by Crippen LogP contribution is -2.45. The molecule has 0 radical (unpaired) electrons. The Labute approximate surface area is 100 Å². The molecule has 4 heteroatoms. The van der Waals surface area contributed by atoms with Gasteiger partial charge in [0.15, 0.2) is 0 Å². The molecule has 1 saturated heterocycles. The normalized spacial score (nSPS) is 19.8. The summed E-state index contributed by atoms with van der Waals surface area (Å²) < 4.78 is 5.24. The van der Waals surface area contributed by atoms with Crippen LogP contribution in [0.2, 0.25) is 0 Å². The lowest BCUT2D eigenvalue weighted by Gasteiger charge is -2.32. The smallest absolute Gasteiger partial charge is 0.0815 e. The Kier molecular flexibility index (Phi) is 4.35. The van der Waals surface area contributed by atoms with E-state index in [-0.39, 0.29) is 0 Å². The van der Waals surface area contributed by atoms with Crippen molar-refractivity contribution in [1.29, 1.82) is 0 Å². The van der Waals surface area contributed by atoms with Gasteiger partial charge < -0.3 is 15.2 Å². The summed E-state index contributed by atoms with van der Waals surface area (Å²) in [5, 5.41) is 17.8. The van der Waals surface area contributed by atoms with Crippen LogP contribution >= 0.6 is 11.3 Å². The summed E-state index contributed by atoms with van der Waals surface area (Å²) in [4.78, 5) is 0. The van der Waals surface area contributed by atoms with Crippen molar-refractivity contribution >= 4 is 11.3 Å². The summed E-state index contributed by atoms with van der Waals surface area (Å²) in [7, 11) is 0. The highest BCUT2D eigenvalue weighted by molar-refractivity contribution is 7.07. The van der Waals surface area contributed by atoms with Gasteiger partial charge in [0.05, 0.1) is 5.60 Å². The summed E-state index contributed by atoms with van der Waals surface area (Å²) in [5.41, 5.74) is 0.823. The molecule has 2 N–H and O–H groups in total. The molecule has 2 heterocycles. The second-order valence-corrected chi connectivity index (χ2v) is 5.18. The number of hydrogen-bond acceptors (Lipinski definition) is 4. The van der Waals surface area contributed by atoms with Gasteiger partial charge in [0.1, 0.15) is 0 Å². The number of rotatable bonds is 5. The van der Waals surface area contributed by atoms with Crippen molar-refractivity contribution in [1.82, 2.24) is 5.32 Å². The van der Waals surface area contributed by atoms with Gasteiger partial charge in [-0.25, -0.2) is 0 Å². The van der Waals surface area contributed by atoms with E-state index in [4.69, 9.17) is 4.74 Å². The molecule has 16 heavy (non-hydrogen) atoms. The third kappa shape index (κ3) is 3.56. The van der Waals surface area contributed by atoms with Crippen LogP contribution in [0.4, 0.5) is 0 Å². The SMILES string of the molecule is OC1(CNCCc2ccsc2)CCOCC1. The molecule has 1 aliphatic heterocycles. The monoisotopic (exact) mass is 241 g/mol. The minimum atomic E-state index is -0.549. The minimum Gasteiger partial charge on any atom is -0.388 e. The largest absolute Gasteiger partial charge is 0.388 e. The number of aliphatic hydroxyl groups is 1.